The van der Waals surface area contributed by atoms with Gasteiger partial charge in [0.2, 0.25) is 10.0 Å². The zero-order valence-electron chi connectivity index (χ0n) is 13.8. The van der Waals surface area contributed by atoms with Crippen LogP contribution in [0, 0.1) is 13.8 Å². The van der Waals surface area contributed by atoms with Crippen molar-refractivity contribution in [3.8, 4) is 0 Å². The van der Waals surface area contributed by atoms with Crippen molar-refractivity contribution in [1.29, 1.82) is 0 Å². The third-order valence-corrected chi connectivity index (χ3v) is 5.74. The fourth-order valence-electron chi connectivity index (χ4n) is 2.35. The fourth-order valence-corrected chi connectivity index (χ4v) is 3.92. The second kappa shape index (κ2) is 7.91. The second-order valence-electron chi connectivity index (χ2n) is 5.36. The summed E-state index contributed by atoms with van der Waals surface area (Å²) in [4.78, 5) is 0.359. The summed E-state index contributed by atoms with van der Waals surface area (Å²) in [5.74, 6) is 0. The molecule has 0 saturated carbocycles. The van der Waals surface area contributed by atoms with E-state index in [0.29, 0.717) is 29.4 Å². The van der Waals surface area contributed by atoms with Gasteiger partial charge in [-0.05, 0) is 27.3 Å². The van der Waals surface area contributed by atoms with Gasteiger partial charge in [0.25, 0.3) is 0 Å². The van der Waals surface area contributed by atoms with Crippen LogP contribution in [-0.2, 0) is 16.6 Å². The Labute approximate surface area is 128 Å². The van der Waals surface area contributed by atoms with Gasteiger partial charge in [-0.25, -0.2) is 12.7 Å². The lowest BCUT2D eigenvalue weighted by Gasteiger charge is -2.17. The molecule has 0 radical (unpaired) electrons. The van der Waals surface area contributed by atoms with Crippen molar-refractivity contribution in [3.63, 3.8) is 0 Å². The van der Waals surface area contributed by atoms with Crippen molar-refractivity contribution in [2.24, 2.45) is 0 Å². The van der Waals surface area contributed by atoms with E-state index in [-0.39, 0.29) is 0 Å². The van der Waals surface area contributed by atoms with E-state index in [9.17, 15) is 8.42 Å². The van der Waals surface area contributed by atoms with E-state index in [1.807, 2.05) is 14.0 Å². The summed E-state index contributed by atoms with van der Waals surface area (Å²) >= 11 is 0. The number of nitrogens with one attached hydrogen (secondary N) is 1. The third-order valence-electron chi connectivity index (χ3n) is 3.63. The van der Waals surface area contributed by atoms with Crippen molar-refractivity contribution >= 4 is 10.0 Å². The van der Waals surface area contributed by atoms with Crippen molar-refractivity contribution in [2.75, 3.05) is 27.2 Å². The molecule has 1 aromatic heterocycles. The SMILES string of the molecule is CCCCCN(C)S(=O)(=O)c1c(C)nn(CCNC)c1C. The highest BCUT2D eigenvalue weighted by Gasteiger charge is 2.28. The van der Waals surface area contributed by atoms with Crippen LogP contribution in [0.25, 0.3) is 0 Å². The molecule has 0 amide bonds. The van der Waals surface area contributed by atoms with Crippen molar-refractivity contribution in [2.45, 2.75) is 51.5 Å². The van der Waals surface area contributed by atoms with Crippen LogP contribution in [0.1, 0.15) is 37.6 Å². The van der Waals surface area contributed by atoms with Crippen LogP contribution in [0.3, 0.4) is 0 Å². The molecule has 0 aliphatic rings. The van der Waals surface area contributed by atoms with Gasteiger partial charge in [0.15, 0.2) is 0 Å². The highest BCUT2D eigenvalue weighted by molar-refractivity contribution is 7.89. The lowest BCUT2D eigenvalue weighted by atomic mass is 10.2. The van der Waals surface area contributed by atoms with Crippen molar-refractivity contribution in [3.05, 3.63) is 11.4 Å². The molecule has 1 rings (SSSR count). The normalized spacial score (nSPS) is 12.3. The molecule has 0 aliphatic carbocycles. The van der Waals surface area contributed by atoms with Gasteiger partial charge in [-0.2, -0.15) is 5.10 Å². The van der Waals surface area contributed by atoms with E-state index in [2.05, 4.69) is 17.3 Å². The van der Waals surface area contributed by atoms with Crippen LogP contribution in [-0.4, -0.2) is 49.7 Å². The predicted molar refractivity (Wildman–Crippen MR) is 85.0 cm³/mol. The number of rotatable bonds is 9. The second-order valence-corrected chi connectivity index (χ2v) is 7.34. The summed E-state index contributed by atoms with van der Waals surface area (Å²) in [7, 11) is 0.0582. The van der Waals surface area contributed by atoms with Crippen LogP contribution in [0.2, 0.25) is 0 Å². The van der Waals surface area contributed by atoms with E-state index in [4.69, 9.17) is 0 Å². The van der Waals surface area contributed by atoms with Crippen molar-refractivity contribution in [1.82, 2.24) is 19.4 Å². The number of nitrogens with zero attached hydrogens (tertiary/aromatic N) is 3. The minimum Gasteiger partial charge on any atom is -0.318 e. The van der Waals surface area contributed by atoms with Crippen LogP contribution >= 0.6 is 0 Å². The van der Waals surface area contributed by atoms with Gasteiger partial charge in [0.1, 0.15) is 4.90 Å². The quantitative estimate of drug-likeness (QED) is 0.702. The largest absolute Gasteiger partial charge is 0.318 e. The monoisotopic (exact) mass is 316 g/mol. The summed E-state index contributed by atoms with van der Waals surface area (Å²) in [5.41, 5.74) is 1.29. The molecule has 1 heterocycles. The molecule has 0 saturated heterocycles. The molecular weight excluding hydrogens is 288 g/mol. The molecule has 1 N–H and O–H groups in total. The molecule has 0 aromatic carbocycles. The fraction of sp³-hybridized carbons (Fsp3) is 0.786. The summed E-state index contributed by atoms with van der Waals surface area (Å²) in [6, 6.07) is 0. The van der Waals surface area contributed by atoms with E-state index < -0.39 is 10.0 Å². The molecule has 0 bridgehead atoms. The Balaban J connectivity index is 2.99. The Hall–Kier alpha value is -0.920. The Morgan fingerprint density at radius 2 is 1.95 bits per heavy atom. The molecule has 1 aromatic rings. The van der Waals surface area contributed by atoms with Crippen LogP contribution < -0.4 is 5.32 Å². The Bertz CT molecular complexity index is 552. The molecule has 0 unspecified atom stereocenters. The van der Waals surface area contributed by atoms with E-state index in [1.54, 1.807) is 18.7 Å². The molecular formula is C14H28N4O2S. The highest BCUT2D eigenvalue weighted by Crippen LogP contribution is 2.23. The Morgan fingerprint density at radius 3 is 2.52 bits per heavy atom. The zero-order chi connectivity index (χ0) is 16.0. The van der Waals surface area contributed by atoms with E-state index >= 15 is 0 Å². The average molecular weight is 316 g/mol. The van der Waals surface area contributed by atoms with Gasteiger partial charge >= 0.3 is 0 Å². The molecule has 21 heavy (non-hydrogen) atoms. The van der Waals surface area contributed by atoms with E-state index in [0.717, 1.165) is 25.8 Å². The molecule has 0 spiro atoms. The van der Waals surface area contributed by atoms with Gasteiger partial charge in [-0.1, -0.05) is 19.8 Å². The van der Waals surface area contributed by atoms with Crippen LogP contribution in [0.15, 0.2) is 4.90 Å². The van der Waals surface area contributed by atoms with Crippen LogP contribution in [0.4, 0.5) is 0 Å². The first-order valence-electron chi connectivity index (χ1n) is 7.51. The van der Waals surface area contributed by atoms with Gasteiger partial charge in [0, 0.05) is 20.1 Å². The number of aryl methyl sites for hydroxylation is 1. The summed E-state index contributed by atoms with van der Waals surface area (Å²) in [5, 5.41) is 7.41. The zero-order valence-corrected chi connectivity index (χ0v) is 14.6. The van der Waals surface area contributed by atoms with Gasteiger partial charge in [0.05, 0.1) is 17.9 Å². The maximum atomic E-state index is 12.7. The lowest BCUT2D eigenvalue weighted by molar-refractivity contribution is 0.453. The minimum absolute atomic E-state index is 0.359. The number of aromatic nitrogens is 2. The Morgan fingerprint density at radius 1 is 1.29 bits per heavy atom. The topological polar surface area (TPSA) is 67.2 Å². The number of hydrogen-bond donors (Lipinski definition) is 1. The first kappa shape index (κ1) is 18.1. The molecule has 0 aliphatic heterocycles. The van der Waals surface area contributed by atoms with E-state index in [1.165, 1.54) is 4.31 Å². The number of unbranched alkanes of at least 4 members (excludes halogenated alkanes) is 2. The van der Waals surface area contributed by atoms with Crippen molar-refractivity contribution < 1.29 is 8.42 Å². The molecule has 0 atom stereocenters. The molecule has 0 fully saturated rings. The number of sulfonamides is 1. The summed E-state index contributed by atoms with van der Waals surface area (Å²) in [6.45, 7) is 7.66. The highest BCUT2D eigenvalue weighted by atomic mass is 32.2. The maximum absolute atomic E-state index is 12.7. The average Bonchev–Trinajstić information content (AvgIpc) is 2.71. The minimum atomic E-state index is -3.46. The smallest absolute Gasteiger partial charge is 0.246 e. The number of likely N-dealkylation sites (N-methyl/N-ethyl adjacent to an activating group) is 1. The first-order chi connectivity index (χ1) is 9.86. The summed E-state index contributed by atoms with van der Waals surface area (Å²) < 4.78 is 28.6. The standard InChI is InChI=1S/C14H28N4O2S/c1-6-7-8-10-17(5)21(19,20)14-12(2)16-18(13(14)3)11-9-15-4/h15H,6-11H2,1-5H3. The number of hydrogen-bond acceptors (Lipinski definition) is 4. The summed E-state index contributed by atoms with van der Waals surface area (Å²) in [6.07, 6.45) is 3.01. The van der Waals surface area contributed by atoms with Gasteiger partial charge in [-0.3, -0.25) is 4.68 Å². The Kier molecular flexibility index (Phi) is 6.83. The third kappa shape index (κ3) is 4.28. The van der Waals surface area contributed by atoms with Gasteiger partial charge < -0.3 is 5.32 Å². The molecule has 6 nitrogen and oxygen atoms in total. The van der Waals surface area contributed by atoms with Gasteiger partial charge in [-0.15, -0.1) is 0 Å². The lowest BCUT2D eigenvalue weighted by Crippen LogP contribution is -2.29. The molecule has 7 heteroatoms. The van der Waals surface area contributed by atoms with Crippen LogP contribution in [0.5, 0.6) is 0 Å². The maximum Gasteiger partial charge on any atom is 0.246 e. The molecule has 122 valence electrons. The first-order valence-corrected chi connectivity index (χ1v) is 8.95. The predicted octanol–water partition coefficient (Wildman–Crippen LogP) is 1.53.